The molecular formula is C17H17N3O2S. The number of aromatic nitrogens is 2. The minimum Gasteiger partial charge on any atom is -0.275 e. The van der Waals surface area contributed by atoms with Crippen molar-refractivity contribution < 1.29 is 8.42 Å². The minimum atomic E-state index is -3.83. The van der Waals surface area contributed by atoms with Gasteiger partial charge in [0.25, 0.3) is 0 Å². The molecule has 0 aliphatic carbocycles. The average molecular weight is 327 g/mol. The van der Waals surface area contributed by atoms with E-state index in [4.69, 9.17) is 5.14 Å². The molecule has 0 amide bonds. The van der Waals surface area contributed by atoms with Crippen molar-refractivity contribution in [3.05, 3.63) is 60.3 Å². The van der Waals surface area contributed by atoms with E-state index in [1.54, 1.807) is 29.9 Å². The number of primary sulfonamides is 1. The van der Waals surface area contributed by atoms with Gasteiger partial charge in [0.05, 0.1) is 4.90 Å². The Balaban J connectivity index is 2.25. The molecule has 3 rings (SSSR count). The Morgan fingerprint density at radius 3 is 2.30 bits per heavy atom. The number of hydrogen-bond acceptors (Lipinski definition) is 3. The molecule has 23 heavy (non-hydrogen) atoms. The summed E-state index contributed by atoms with van der Waals surface area (Å²) in [5, 5.41) is 9.80. The van der Waals surface area contributed by atoms with Crippen molar-refractivity contribution >= 4 is 10.0 Å². The van der Waals surface area contributed by atoms with E-state index in [1.165, 1.54) is 6.07 Å². The Morgan fingerprint density at radius 1 is 1.00 bits per heavy atom. The molecule has 0 atom stereocenters. The molecule has 0 radical (unpaired) electrons. The van der Waals surface area contributed by atoms with Gasteiger partial charge in [-0.2, -0.15) is 5.10 Å². The van der Waals surface area contributed by atoms with Crippen molar-refractivity contribution in [2.75, 3.05) is 0 Å². The van der Waals surface area contributed by atoms with Crippen LogP contribution in [0.3, 0.4) is 0 Å². The third-order valence-corrected chi connectivity index (χ3v) is 4.61. The number of hydrogen-bond donors (Lipinski definition) is 1. The number of aryl methyl sites for hydroxylation is 2. The smallest absolute Gasteiger partial charge is 0.238 e. The zero-order chi connectivity index (χ0) is 16.6. The van der Waals surface area contributed by atoms with Crippen LogP contribution in [0.2, 0.25) is 0 Å². The van der Waals surface area contributed by atoms with Gasteiger partial charge in [0, 0.05) is 24.4 Å². The van der Waals surface area contributed by atoms with Crippen molar-refractivity contribution in [2.24, 2.45) is 12.2 Å². The van der Waals surface area contributed by atoms with Crippen molar-refractivity contribution in [3.8, 4) is 22.4 Å². The van der Waals surface area contributed by atoms with Crippen LogP contribution in [0, 0.1) is 6.92 Å². The molecule has 0 unspecified atom stereocenters. The molecule has 0 aliphatic heterocycles. The number of benzene rings is 2. The van der Waals surface area contributed by atoms with Crippen LogP contribution in [0.15, 0.2) is 59.6 Å². The Hall–Kier alpha value is -2.44. The van der Waals surface area contributed by atoms with Gasteiger partial charge >= 0.3 is 0 Å². The van der Waals surface area contributed by atoms with Gasteiger partial charge in [-0.15, -0.1) is 0 Å². The third-order valence-electron chi connectivity index (χ3n) is 3.64. The van der Waals surface area contributed by atoms with Gasteiger partial charge in [0.2, 0.25) is 10.0 Å². The largest absolute Gasteiger partial charge is 0.275 e. The molecule has 118 valence electrons. The van der Waals surface area contributed by atoms with E-state index in [0.717, 1.165) is 16.7 Å². The van der Waals surface area contributed by atoms with Crippen LogP contribution in [0.4, 0.5) is 0 Å². The molecule has 0 bridgehead atoms. The standard InChI is InChI=1S/C17H17N3O2S/c1-12-7-9-13(10-8-12)15-11-20(2)19-17(15)14-5-3-4-6-16(14)23(18,21)22/h3-11H,1-2H3,(H2,18,21,22). The fraction of sp³-hybridized carbons (Fsp3) is 0.118. The van der Waals surface area contributed by atoms with Crippen molar-refractivity contribution in [2.45, 2.75) is 11.8 Å². The topological polar surface area (TPSA) is 78.0 Å². The molecule has 1 aromatic heterocycles. The van der Waals surface area contributed by atoms with E-state index in [1.807, 2.05) is 37.4 Å². The zero-order valence-electron chi connectivity index (χ0n) is 12.9. The lowest BCUT2D eigenvalue weighted by Crippen LogP contribution is -2.13. The Bertz CT molecular complexity index is 958. The molecule has 0 saturated carbocycles. The summed E-state index contributed by atoms with van der Waals surface area (Å²) in [6, 6.07) is 14.7. The number of nitrogens with two attached hydrogens (primary N) is 1. The first-order valence-corrected chi connectivity index (χ1v) is 8.64. The first kappa shape index (κ1) is 15.5. The monoisotopic (exact) mass is 327 g/mol. The first-order valence-electron chi connectivity index (χ1n) is 7.09. The Labute approximate surface area is 135 Å². The second-order valence-electron chi connectivity index (χ2n) is 5.47. The van der Waals surface area contributed by atoms with E-state index < -0.39 is 10.0 Å². The fourth-order valence-electron chi connectivity index (χ4n) is 2.54. The number of sulfonamides is 1. The molecule has 1 heterocycles. The Kier molecular flexibility index (Phi) is 3.79. The normalized spacial score (nSPS) is 11.6. The van der Waals surface area contributed by atoms with Crippen LogP contribution < -0.4 is 5.14 Å². The third kappa shape index (κ3) is 3.04. The van der Waals surface area contributed by atoms with Crippen LogP contribution in [-0.2, 0) is 17.1 Å². The van der Waals surface area contributed by atoms with Crippen LogP contribution in [0.25, 0.3) is 22.4 Å². The summed E-state index contributed by atoms with van der Waals surface area (Å²) >= 11 is 0. The summed E-state index contributed by atoms with van der Waals surface area (Å²) in [4.78, 5) is 0.0760. The van der Waals surface area contributed by atoms with E-state index in [2.05, 4.69) is 5.10 Å². The van der Waals surface area contributed by atoms with Gasteiger partial charge in [0.15, 0.2) is 0 Å². The summed E-state index contributed by atoms with van der Waals surface area (Å²) in [7, 11) is -2.02. The van der Waals surface area contributed by atoms with Gasteiger partial charge in [-0.1, -0.05) is 48.0 Å². The molecule has 2 N–H and O–H groups in total. The average Bonchev–Trinajstić information content (AvgIpc) is 2.89. The summed E-state index contributed by atoms with van der Waals surface area (Å²) in [6.45, 7) is 2.02. The summed E-state index contributed by atoms with van der Waals surface area (Å²) in [6.07, 6.45) is 1.87. The molecule has 2 aromatic carbocycles. The predicted octanol–water partition coefficient (Wildman–Crippen LogP) is 2.71. The van der Waals surface area contributed by atoms with Crippen LogP contribution >= 0.6 is 0 Å². The van der Waals surface area contributed by atoms with E-state index in [0.29, 0.717) is 11.3 Å². The summed E-state index contributed by atoms with van der Waals surface area (Å²) in [5.74, 6) is 0. The van der Waals surface area contributed by atoms with E-state index in [9.17, 15) is 8.42 Å². The second kappa shape index (κ2) is 5.64. The molecule has 3 aromatic rings. The molecule has 0 spiro atoms. The van der Waals surface area contributed by atoms with Gasteiger partial charge in [0.1, 0.15) is 5.69 Å². The maximum Gasteiger partial charge on any atom is 0.238 e. The van der Waals surface area contributed by atoms with Gasteiger partial charge in [-0.05, 0) is 18.6 Å². The minimum absolute atomic E-state index is 0.0760. The van der Waals surface area contributed by atoms with Crippen molar-refractivity contribution in [1.29, 1.82) is 0 Å². The predicted molar refractivity (Wildman–Crippen MR) is 90.2 cm³/mol. The van der Waals surface area contributed by atoms with Crippen LogP contribution in [0.5, 0.6) is 0 Å². The highest BCUT2D eigenvalue weighted by Crippen LogP contribution is 2.34. The SMILES string of the molecule is Cc1ccc(-c2cn(C)nc2-c2ccccc2S(N)(=O)=O)cc1. The molecule has 6 heteroatoms. The van der Waals surface area contributed by atoms with Gasteiger partial charge in [-0.25, -0.2) is 13.6 Å². The summed E-state index contributed by atoms with van der Waals surface area (Å²) in [5.41, 5.74) is 4.10. The van der Waals surface area contributed by atoms with E-state index in [-0.39, 0.29) is 4.90 Å². The molecule has 0 saturated heterocycles. The molecule has 5 nitrogen and oxygen atoms in total. The molecular weight excluding hydrogens is 310 g/mol. The highest BCUT2D eigenvalue weighted by atomic mass is 32.2. The van der Waals surface area contributed by atoms with Crippen LogP contribution in [-0.4, -0.2) is 18.2 Å². The number of rotatable bonds is 3. The maximum atomic E-state index is 11.9. The second-order valence-corrected chi connectivity index (χ2v) is 7.00. The van der Waals surface area contributed by atoms with Crippen LogP contribution in [0.1, 0.15) is 5.56 Å². The zero-order valence-corrected chi connectivity index (χ0v) is 13.7. The Morgan fingerprint density at radius 2 is 1.65 bits per heavy atom. The highest BCUT2D eigenvalue weighted by Gasteiger charge is 2.20. The van der Waals surface area contributed by atoms with E-state index >= 15 is 0 Å². The lowest BCUT2D eigenvalue weighted by molar-refractivity contribution is 0.598. The molecule has 0 aliphatic rings. The van der Waals surface area contributed by atoms with Gasteiger partial charge < -0.3 is 0 Å². The molecule has 0 fully saturated rings. The maximum absolute atomic E-state index is 11.9. The quantitative estimate of drug-likeness (QED) is 0.803. The summed E-state index contributed by atoms with van der Waals surface area (Å²) < 4.78 is 25.4. The highest BCUT2D eigenvalue weighted by molar-refractivity contribution is 7.89. The number of nitrogens with zero attached hydrogens (tertiary/aromatic N) is 2. The fourth-order valence-corrected chi connectivity index (χ4v) is 3.28. The first-order chi connectivity index (χ1) is 10.9. The lowest BCUT2D eigenvalue weighted by Gasteiger charge is -2.08. The van der Waals surface area contributed by atoms with Crippen molar-refractivity contribution in [3.63, 3.8) is 0 Å². The van der Waals surface area contributed by atoms with Gasteiger partial charge in [-0.3, -0.25) is 4.68 Å². The lowest BCUT2D eigenvalue weighted by atomic mass is 10.0. The van der Waals surface area contributed by atoms with Crippen molar-refractivity contribution in [1.82, 2.24) is 9.78 Å².